The first-order chi connectivity index (χ1) is 14.9. The van der Waals surface area contributed by atoms with Crippen molar-refractivity contribution in [2.75, 3.05) is 7.05 Å². The predicted molar refractivity (Wildman–Crippen MR) is 115 cm³/mol. The van der Waals surface area contributed by atoms with Crippen LogP contribution in [-0.2, 0) is 11.4 Å². The van der Waals surface area contributed by atoms with E-state index < -0.39 is 5.92 Å². The molecular formula is C24H21ClFN3O2. The van der Waals surface area contributed by atoms with Crippen molar-refractivity contribution in [3.63, 3.8) is 0 Å². The Labute approximate surface area is 185 Å². The Morgan fingerprint density at radius 1 is 1.29 bits per heavy atom. The van der Waals surface area contributed by atoms with Crippen LogP contribution in [0.4, 0.5) is 4.39 Å². The van der Waals surface area contributed by atoms with Crippen molar-refractivity contribution in [1.82, 2.24) is 4.90 Å². The summed E-state index contributed by atoms with van der Waals surface area (Å²) in [5.41, 5.74) is 9.45. The molecule has 0 spiro atoms. The van der Waals surface area contributed by atoms with Gasteiger partial charge in [-0.1, -0.05) is 29.8 Å². The number of carbonyl (C=O) groups excluding carboxylic acids is 1. The Kier molecular flexibility index (Phi) is 5.71. The van der Waals surface area contributed by atoms with Gasteiger partial charge in [-0.05, 0) is 48.2 Å². The van der Waals surface area contributed by atoms with Crippen molar-refractivity contribution in [3.05, 3.63) is 87.1 Å². The molecule has 0 saturated heterocycles. The fourth-order valence-electron chi connectivity index (χ4n) is 4.20. The van der Waals surface area contributed by atoms with Crippen LogP contribution in [0.15, 0.2) is 65.1 Å². The maximum atomic E-state index is 13.4. The second-order valence-electron chi connectivity index (χ2n) is 7.65. The van der Waals surface area contributed by atoms with E-state index in [-0.39, 0.29) is 18.2 Å². The number of halogens is 2. The van der Waals surface area contributed by atoms with E-state index >= 15 is 0 Å². The van der Waals surface area contributed by atoms with Crippen molar-refractivity contribution >= 4 is 17.4 Å². The number of nitrogens with zero attached hydrogens (tertiary/aromatic N) is 2. The molecule has 2 aliphatic rings. The number of carbonyl (C=O) groups is 1. The molecule has 4 rings (SSSR count). The predicted octanol–water partition coefficient (Wildman–Crippen LogP) is 4.79. The minimum Gasteiger partial charge on any atom is -0.487 e. The first-order valence-corrected chi connectivity index (χ1v) is 10.3. The molecule has 0 aromatic heterocycles. The van der Waals surface area contributed by atoms with Crippen LogP contribution in [0, 0.1) is 17.1 Å². The van der Waals surface area contributed by atoms with Gasteiger partial charge in [0.1, 0.15) is 24.0 Å². The van der Waals surface area contributed by atoms with E-state index in [0.29, 0.717) is 45.3 Å². The van der Waals surface area contributed by atoms with Gasteiger partial charge in [-0.25, -0.2) is 4.39 Å². The third kappa shape index (κ3) is 3.89. The fourth-order valence-corrected chi connectivity index (χ4v) is 4.44. The van der Waals surface area contributed by atoms with Crippen LogP contribution in [0.1, 0.15) is 36.3 Å². The minimum absolute atomic E-state index is 0.0286. The fraction of sp³-hybridized carbons (Fsp3) is 0.250. The summed E-state index contributed by atoms with van der Waals surface area (Å²) in [7, 11) is 1.78. The van der Waals surface area contributed by atoms with Crippen molar-refractivity contribution in [1.29, 1.82) is 5.26 Å². The lowest BCUT2D eigenvalue weighted by Gasteiger charge is -2.37. The van der Waals surface area contributed by atoms with Gasteiger partial charge in [0.25, 0.3) is 0 Å². The Balaban J connectivity index is 1.68. The molecule has 1 heterocycles. The molecular weight excluding hydrogens is 417 g/mol. The van der Waals surface area contributed by atoms with Gasteiger partial charge in [-0.2, -0.15) is 5.26 Å². The van der Waals surface area contributed by atoms with Gasteiger partial charge in [-0.3, -0.25) is 4.79 Å². The lowest BCUT2D eigenvalue weighted by molar-refractivity contribution is -0.116. The summed E-state index contributed by atoms with van der Waals surface area (Å²) in [4.78, 5) is 14.6. The molecule has 0 saturated carbocycles. The Morgan fingerprint density at radius 2 is 2.10 bits per heavy atom. The second kappa shape index (κ2) is 8.44. The average molecular weight is 438 g/mol. The number of ketones is 1. The number of rotatable bonds is 4. The zero-order chi connectivity index (χ0) is 22.1. The van der Waals surface area contributed by atoms with Gasteiger partial charge < -0.3 is 15.4 Å². The zero-order valence-corrected chi connectivity index (χ0v) is 17.7. The molecule has 1 aliphatic carbocycles. The smallest absolute Gasteiger partial charge is 0.161 e. The van der Waals surface area contributed by atoms with Gasteiger partial charge in [0.2, 0.25) is 0 Å². The van der Waals surface area contributed by atoms with E-state index in [1.807, 2.05) is 0 Å². The molecule has 2 aromatic carbocycles. The molecule has 0 unspecified atom stereocenters. The lowest BCUT2D eigenvalue weighted by Crippen LogP contribution is -2.36. The number of benzene rings is 2. The third-order valence-corrected chi connectivity index (χ3v) is 6.04. The van der Waals surface area contributed by atoms with Crippen molar-refractivity contribution in [2.24, 2.45) is 5.73 Å². The molecule has 2 aromatic rings. The summed E-state index contributed by atoms with van der Waals surface area (Å²) in [5.74, 6) is -0.0788. The highest BCUT2D eigenvalue weighted by atomic mass is 35.5. The van der Waals surface area contributed by atoms with Gasteiger partial charge >= 0.3 is 0 Å². The standard InChI is InChI=1S/C24H21ClFN3O2/c1-29-19-6-3-7-20(30)23(19)22(17(12-27)24(29)28)15-8-9-21(18(25)11-15)31-13-14-4-2-5-16(26)10-14/h2,4-5,8-11,22H,3,6-7,13,28H2,1H3/t22-/m0/s1. The van der Waals surface area contributed by atoms with Crippen molar-refractivity contribution in [2.45, 2.75) is 31.8 Å². The van der Waals surface area contributed by atoms with Crippen LogP contribution in [0.3, 0.4) is 0 Å². The largest absolute Gasteiger partial charge is 0.487 e. The van der Waals surface area contributed by atoms with Crippen LogP contribution in [0.5, 0.6) is 5.75 Å². The van der Waals surface area contributed by atoms with E-state index in [9.17, 15) is 14.4 Å². The highest BCUT2D eigenvalue weighted by Crippen LogP contribution is 2.45. The summed E-state index contributed by atoms with van der Waals surface area (Å²) >= 11 is 6.47. The molecule has 2 N–H and O–H groups in total. The normalized spacial score (nSPS) is 18.7. The SMILES string of the molecule is CN1C(N)=C(C#N)[C@H](c2ccc(OCc3cccc(F)c3)c(Cl)c2)C2=C1CCCC2=O. The average Bonchev–Trinajstić information content (AvgIpc) is 2.75. The molecule has 0 amide bonds. The van der Waals surface area contributed by atoms with Crippen LogP contribution in [0.2, 0.25) is 5.02 Å². The quantitative estimate of drug-likeness (QED) is 0.744. The maximum absolute atomic E-state index is 13.4. The summed E-state index contributed by atoms with van der Waals surface area (Å²) in [5, 5.41) is 10.1. The molecule has 5 nitrogen and oxygen atoms in total. The maximum Gasteiger partial charge on any atom is 0.161 e. The number of nitrogens with two attached hydrogens (primary N) is 1. The Morgan fingerprint density at radius 3 is 2.81 bits per heavy atom. The second-order valence-corrected chi connectivity index (χ2v) is 8.06. The van der Waals surface area contributed by atoms with Crippen LogP contribution >= 0.6 is 11.6 Å². The molecule has 1 atom stereocenters. The van der Waals surface area contributed by atoms with Gasteiger partial charge in [0, 0.05) is 24.7 Å². The van der Waals surface area contributed by atoms with E-state index in [1.165, 1.54) is 12.1 Å². The van der Waals surface area contributed by atoms with Crippen LogP contribution < -0.4 is 10.5 Å². The molecule has 31 heavy (non-hydrogen) atoms. The molecule has 0 fully saturated rings. The summed E-state index contributed by atoms with van der Waals surface area (Å²) in [6.07, 6.45) is 1.94. The number of hydrogen-bond acceptors (Lipinski definition) is 5. The molecule has 1 aliphatic heterocycles. The van der Waals surface area contributed by atoms with E-state index in [2.05, 4.69) is 6.07 Å². The first-order valence-electron chi connectivity index (χ1n) is 9.97. The number of ether oxygens (including phenoxy) is 1. The topological polar surface area (TPSA) is 79.3 Å². The Hall–Kier alpha value is -3.30. The van der Waals surface area contributed by atoms with E-state index in [4.69, 9.17) is 22.1 Å². The van der Waals surface area contributed by atoms with Gasteiger partial charge in [0.05, 0.1) is 22.6 Å². The monoisotopic (exact) mass is 437 g/mol. The summed E-state index contributed by atoms with van der Waals surface area (Å²) in [6, 6.07) is 13.5. The molecule has 158 valence electrons. The van der Waals surface area contributed by atoms with Crippen LogP contribution in [0.25, 0.3) is 0 Å². The molecule has 0 bridgehead atoms. The minimum atomic E-state index is -0.557. The van der Waals surface area contributed by atoms with E-state index in [0.717, 1.165) is 18.5 Å². The van der Waals surface area contributed by atoms with Gasteiger partial charge in [-0.15, -0.1) is 0 Å². The number of nitriles is 1. The summed E-state index contributed by atoms with van der Waals surface area (Å²) < 4.78 is 19.1. The first kappa shape index (κ1) is 21.0. The number of allylic oxidation sites excluding steroid dienone is 3. The number of hydrogen-bond donors (Lipinski definition) is 1. The van der Waals surface area contributed by atoms with Crippen molar-refractivity contribution in [3.8, 4) is 11.8 Å². The zero-order valence-electron chi connectivity index (χ0n) is 17.0. The molecule has 0 radical (unpaired) electrons. The highest BCUT2D eigenvalue weighted by Gasteiger charge is 2.38. The van der Waals surface area contributed by atoms with Gasteiger partial charge in [0.15, 0.2) is 5.78 Å². The highest BCUT2D eigenvalue weighted by molar-refractivity contribution is 6.32. The lowest BCUT2D eigenvalue weighted by atomic mass is 9.76. The number of Topliss-reactive ketones (excluding diaryl/α,β-unsaturated/α-hetero) is 1. The Bertz CT molecular complexity index is 1170. The third-order valence-electron chi connectivity index (χ3n) is 5.74. The summed E-state index contributed by atoms with van der Waals surface area (Å²) in [6.45, 7) is 0.162. The van der Waals surface area contributed by atoms with Crippen molar-refractivity contribution < 1.29 is 13.9 Å². The van der Waals surface area contributed by atoms with E-state index in [1.54, 1.807) is 42.3 Å². The molecule has 7 heteroatoms. The van der Waals surface area contributed by atoms with Crippen LogP contribution in [-0.4, -0.2) is 17.7 Å².